The molecular weight excluding hydrogens is 615 g/mol. The highest BCUT2D eigenvalue weighted by atomic mass is 15.1. The number of hydrogen-bond acceptors (Lipinski definition) is 1. The first-order valence-corrected chi connectivity index (χ1v) is 18.1. The number of hydrogen-bond donors (Lipinski definition) is 0. The molecule has 0 saturated heterocycles. The molecule has 0 N–H and O–H groups in total. The van der Waals surface area contributed by atoms with E-state index in [0.717, 1.165) is 11.4 Å². The molecule has 0 amide bonds. The highest BCUT2D eigenvalue weighted by Gasteiger charge is 2.52. The fraction of sp³-hybridized carbons (Fsp3) is 0.0800. The van der Waals surface area contributed by atoms with E-state index in [1.165, 1.54) is 66.9 Å². The van der Waals surface area contributed by atoms with Crippen molar-refractivity contribution in [2.45, 2.75) is 18.3 Å². The summed E-state index contributed by atoms with van der Waals surface area (Å²) in [6, 6.07) is 63.1. The van der Waals surface area contributed by atoms with E-state index in [-0.39, 0.29) is 0 Å². The first kappa shape index (κ1) is 29.7. The minimum Gasteiger partial charge on any atom is -0.310 e. The highest BCUT2D eigenvalue weighted by Crippen LogP contribution is 2.64. The Hall–Kier alpha value is -6.18. The maximum absolute atomic E-state index is 2.47. The summed E-state index contributed by atoms with van der Waals surface area (Å²) in [6.07, 6.45) is 8.98. The Kier molecular flexibility index (Phi) is 6.82. The molecule has 0 bridgehead atoms. The molecule has 0 heterocycles. The zero-order valence-corrected chi connectivity index (χ0v) is 28.6. The monoisotopic (exact) mass is 651 g/mol. The topological polar surface area (TPSA) is 3.24 Å². The molecule has 7 aromatic carbocycles. The summed E-state index contributed by atoms with van der Waals surface area (Å²) in [7, 11) is 0. The van der Waals surface area contributed by atoms with Crippen molar-refractivity contribution in [1.82, 2.24) is 0 Å². The molecule has 1 heteroatoms. The smallest absolute Gasteiger partial charge is 0.0726 e. The van der Waals surface area contributed by atoms with Gasteiger partial charge in [-0.05, 0) is 91.9 Å². The molecule has 0 radical (unpaired) electrons. The van der Waals surface area contributed by atoms with E-state index in [4.69, 9.17) is 0 Å². The molecule has 0 aliphatic heterocycles. The van der Waals surface area contributed by atoms with Crippen molar-refractivity contribution in [3.8, 4) is 33.4 Å². The molecule has 1 nitrogen and oxygen atoms in total. The van der Waals surface area contributed by atoms with Crippen LogP contribution in [0.25, 0.3) is 33.4 Å². The van der Waals surface area contributed by atoms with Gasteiger partial charge < -0.3 is 4.90 Å². The van der Waals surface area contributed by atoms with Gasteiger partial charge in [-0.3, -0.25) is 0 Å². The van der Waals surface area contributed by atoms with E-state index in [2.05, 4.69) is 206 Å². The van der Waals surface area contributed by atoms with E-state index in [9.17, 15) is 0 Å². The second kappa shape index (κ2) is 11.7. The third-order valence-electron chi connectivity index (χ3n) is 11.4. The zero-order chi connectivity index (χ0) is 33.9. The molecule has 10 rings (SSSR count). The Morgan fingerprint density at radius 3 is 1.59 bits per heavy atom. The first-order valence-electron chi connectivity index (χ1n) is 18.1. The minimum atomic E-state index is -0.390. The summed E-state index contributed by atoms with van der Waals surface area (Å²) in [6.45, 7) is 2.30. The number of rotatable bonds is 5. The molecule has 51 heavy (non-hydrogen) atoms. The molecule has 7 aromatic rings. The van der Waals surface area contributed by atoms with Crippen molar-refractivity contribution in [2.75, 3.05) is 4.90 Å². The van der Waals surface area contributed by atoms with E-state index in [1.807, 2.05) is 0 Å². The average Bonchev–Trinajstić information content (AvgIpc) is 3.67. The SMILES string of the molecule is CC1C=CC=CC1c1ccc(N(c2ccc(-c3ccccc3)cc2)c2cccc3c2-c2ccccc2C32c3ccccc3-c3ccccc32)cc1. The number of nitrogens with zero attached hydrogens (tertiary/aromatic N) is 1. The number of fused-ring (bicyclic) bond motifs is 10. The Labute approximate surface area is 300 Å². The summed E-state index contributed by atoms with van der Waals surface area (Å²) in [5.41, 5.74) is 17.5. The summed E-state index contributed by atoms with van der Waals surface area (Å²) in [5.74, 6) is 0.836. The fourth-order valence-electron chi connectivity index (χ4n) is 9.15. The molecule has 3 aliphatic carbocycles. The summed E-state index contributed by atoms with van der Waals surface area (Å²) in [5, 5.41) is 0. The van der Waals surface area contributed by atoms with Crippen LogP contribution >= 0.6 is 0 Å². The fourth-order valence-corrected chi connectivity index (χ4v) is 9.15. The van der Waals surface area contributed by atoms with Crippen molar-refractivity contribution in [2.24, 2.45) is 5.92 Å². The Bertz CT molecular complexity index is 2440. The van der Waals surface area contributed by atoms with Gasteiger partial charge in [0.25, 0.3) is 0 Å². The van der Waals surface area contributed by atoms with Gasteiger partial charge in [0.15, 0.2) is 0 Å². The largest absolute Gasteiger partial charge is 0.310 e. The highest BCUT2D eigenvalue weighted by molar-refractivity contribution is 6.01. The van der Waals surface area contributed by atoms with Gasteiger partial charge in [0.2, 0.25) is 0 Å². The molecular formula is C50H37N. The predicted octanol–water partition coefficient (Wildman–Crippen LogP) is 13.0. The van der Waals surface area contributed by atoms with E-state index >= 15 is 0 Å². The van der Waals surface area contributed by atoms with Crippen molar-refractivity contribution < 1.29 is 0 Å². The normalized spacial score (nSPS) is 17.1. The van der Waals surface area contributed by atoms with Crippen molar-refractivity contribution >= 4 is 17.1 Å². The lowest BCUT2D eigenvalue weighted by Gasteiger charge is -2.32. The van der Waals surface area contributed by atoms with Gasteiger partial charge in [-0.25, -0.2) is 0 Å². The third-order valence-corrected chi connectivity index (χ3v) is 11.4. The Morgan fingerprint density at radius 1 is 0.431 bits per heavy atom. The zero-order valence-electron chi connectivity index (χ0n) is 28.6. The number of benzene rings is 7. The standard InChI is InChI=1S/C50H37N/c1-34-14-5-6-17-40(34)37-28-32-39(33-29-37)51(38-30-26-36(27-31-38)35-15-3-2-4-16-35)48-25-13-24-47-49(48)43-20-9-12-23-46(43)50(47)44-21-10-7-18-41(44)42-19-8-11-22-45(42)50/h2-34,40H,1H3. The van der Waals surface area contributed by atoms with Crippen LogP contribution in [0.2, 0.25) is 0 Å². The molecule has 2 atom stereocenters. The van der Waals surface area contributed by atoms with Crippen LogP contribution in [0.5, 0.6) is 0 Å². The Morgan fingerprint density at radius 2 is 0.941 bits per heavy atom. The van der Waals surface area contributed by atoms with Gasteiger partial charge >= 0.3 is 0 Å². The number of anilines is 3. The Balaban J connectivity index is 1.20. The van der Waals surface area contributed by atoms with Gasteiger partial charge in [0, 0.05) is 22.9 Å². The van der Waals surface area contributed by atoms with Crippen molar-refractivity contribution in [3.05, 3.63) is 222 Å². The first-order chi connectivity index (χ1) is 25.2. The van der Waals surface area contributed by atoms with Gasteiger partial charge in [0.1, 0.15) is 0 Å². The lowest BCUT2D eigenvalue weighted by molar-refractivity contribution is 0.635. The van der Waals surface area contributed by atoms with Gasteiger partial charge in [-0.15, -0.1) is 0 Å². The van der Waals surface area contributed by atoms with Crippen molar-refractivity contribution in [3.63, 3.8) is 0 Å². The van der Waals surface area contributed by atoms with Gasteiger partial charge in [0.05, 0.1) is 11.1 Å². The van der Waals surface area contributed by atoms with Crippen LogP contribution in [0, 0.1) is 5.92 Å². The molecule has 1 spiro atoms. The molecule has 3 aliphatic rings. The number of allylic oxidation sites excluding steroid dienone is 4. The van der Waals surface area contributed by atoms with Gasteiger partial charge in [-0.1, -0.05) is 171 Å². The average molecular weight is 652 g/mol. The van der Waals surface area contributed by atoms with Crippen LogP contribution in [0.15, 0.2) is 194 Å². The maximum Gasteiger partial charge on any atom is 0.0726 e. The lowest BCUT2D eigenvalue weighted by Crippen LogP contribution is -2.26. The van der Waals surface area contributed by atoms with Gasteiger partial charge in [-0.2, -0.15) is 0 Å². The van der Waals surface area contributed by atoms with E-state index < -0.39 is 5.41 Å². The van der Waals surface area contributed by atoms with Crippen LogP contribution in [0.3, 0.4) is 0 Å². The van der Waals surface area contributed by atoms with E-state index in [1.54, 1.807) is 0 Å². The van der Waals surface area contributed by atoms with Crippen molar-refractivity contribution in [1.29, 1.82) is 0 Å². The summed E-state index contributed by atoms with van der Waals surface area (Å²) in [4.78, 5) is 2.47. The molecule has 0 fully saturated rings. The lowest BCUT2D eigenvalue weighted by atomic mass is 9.70. The predicted molar refractivity (Wildman–Crippen MR) is 213 cm³/mol. The van der Waals surface area contributed by atoms with Crippen LogP contribution in [-0.4, -0.2) is 0 Å². The molecule has 2 unspecified atom stereocenters. The minimum absolute atomic E-state index is 0.373. The molecule has 242 valence electrons. The second-order valence-electron chi connectivity index (χ2n) is 14.1. The molecule has 0 saturated carbocycles. The van der Waals surface area contributed by atoms with E-state index in [0.29, 0.717) is 11.8 Å². The molecule has 0 aromatic heterocycles. The second-order valence-corrected chi connectivity index (χ2v) is 14.1. The van der Waals surface area contributed by atoms with Crippen LogP contribution in [-0.2, 0) is 5.41 Å². The summed E-state index contributed by atoms with van der Waals surface area (Å²) >= 11 is 0. The maximum atomic E-state index is 2.47. The third kappa shape index (κ3) is 4.41. The van der Waals surface area contributed by atoms with Crippen LogP contribution < -0.4 is 4.90 Å². The quantitative estimate of drug-likeness (QED) is 0.179. The van der Waals surface area contributed by atoms with Crippen LogP contribution in [0.1, 0.15) is 40.7 Å². The summed E-state index contributed by atoms with van der Waals surface area (Å²) < 4.78 is 0. The van der Waals surface area contributed by atoms with Crippen LogP contribution in [0.4, 0.5) is 17.1 Å².